The SMILES string of the molecule is Cc1cc(=O)[nH]c2nnc(SCC(=O)Nc3nccs3)n12. The minimum atomic E-state index is -0.231. The Balaban J connectivity index is 1.74. The summed E-state index contributed by atoms with van der Waals surface area (Å²) in [7, 11) is 0. The molecular weight excluding hydrogens is 312 g/mol. The van der Waals surface area contributed by atoms with Gasteiger partial charge < -0.3 is 5.32 Å². The summed E-state index contributed by atoms with van der Waals surface area (Å²) < 4.78 is 1.70. The zero-order chi connectivity index (χ0) is 14.8. The number of nitrogens with zero attached hydrogens (tertiary/aromatic N) is 4. The van der Waals surface area contributed by atoms with Crippen LogP contribution in [0.3, 0.4) is 0 Å². The molecule has 0 radical (unpaired) electrons. The van der Waals surface area contributed by atoms with E-state index < -0.39 is 0 Å². The predicted octanol–water partition coefficient (Wildman–Crippen LogP) is 0.913. The van der Waals surface area contributed by atoms with Gasteiger partial charge in [0.05, 0.1) is 5.75 Å². The molecule has 3 rings (SSSR count). The Kier molecular flexibility index (Phi) is 3.71. The fourth-order valence-electron chi connectivity index (χ4n) is 1.73. The normalized spacial score (nSPS) is 10.9. The van der Waals surface area contributed by atoms with Crippen LogP contribution in [-0.2, 0) is 4.79 Å². The van der Waals surface area contributed by atoms with Gasteiger partial charge in [-0.25, -0.2) is 4.98 Å². The van der Waals surface area contributed by atoms with Crippen molar-refractivity contribution in [2.24, 2.45) is 0 Å². The number of amides is 1. The minimum absolute atomic E-state index is 0.172. The van der Waals surface area contributed by atoms with Gasteiger partial charge >= 0.3 is 0 Å². The fraction of sp³-hybridized carbons (Fsp3) is 0.182. The number of aryl methyl sites for hydroxylation is 1. The number of nitrogens with one attached hydrogen (secondary N) is 2. The van der Waals surface area contributed by atoms with Crippen LogP contribution in [-0.4, -0.2) is 36.2 Å². The third kappa shape index (κ3) is 2.95. The number of hydrogen-bond donors (Lipinski definition) is 2. The Morgan fingerprint density at radius 1 is 1.52 bits per heavy atom. The molecule has 1 amide bonds. The molecule has 0 saturated heterocycles. The molecule has 3 aromatic rings. The number of rotatable bonds is 4. The number of fused-ring (bicyclic) bond motifs is 1. The Morgan fingerprint density at radius 3 is 3.14 bits per heavy atom. The largest absolute Gasteiger partial charge is 0.301 e. The van der Waals surface area contributed by atoms with E-state index in [1.165, 1.54) is 29.2 Å². The highest BCUT2D eigenvalue weighted by Crippen LogP contribution is 2.18. The molecule has 0 unspecified atom stereocenters. The Hall–Kier alpha value is -2.20. The smallest absolute Gasteiger partial charge is 0.252 e. The van der Waals surface area contributed by atoms with Crippen molar-refractivity contribution in [1.29, 1.82) is 0 Å². The van der Waals surface area contributed by atoms with Gasteiger partial charge in [0.1, 0.15) is 0 Å². The molecule has 0 fully saturated rings. The van der Waals surface area contributed by atoms with Crippen LogP contribution in [0.15, 0.2) is 27.6 Å². The quantitative estimate of drug-likeness (QED) is 0.692. The highest BCUT2D eigenvalue weighted by molar-refractivity contribution is 7.99. The topological polar surface area (TPSA) is 105 Å². The van der Waals surface area contributed by atoms with Crippen molar-refractivity contribution < 1.29 is 4.79 Å². The van der Waals surface area contributed by atoms with E-state index in [9.17, 15) is 9.59 Å². The predicted molar refractivity (Wildman–Crippen MR) is 79.8 cm³/mol. The number of thioether (sulfide) groups is 1. The molecule has 108 valence electrons. The Bertz CT molecular complexity index is 838. The summed E-state index contributed by atoms with van der Waals surface area (Å²) in [6.45, 7) is 1.78. The molecule has 0 spiro atoms. The zero-order valence-electron chi connectivity index (χ0n) is 10.9. The molecule has 21 heavy (non-hydrogen) atoms. The van der Waals surface area contributed by atoms with Crippen LogP contribution in [0, 0.1) is 6.92 Å². The number of aromatic amines is 1. The summed E-state index contributed by atoms with van der Waals surface area (Å²) in [6.07, 6.45) is 1.62. The third-order valence-corrected chi connectivity index (χ3v) is 4.19. The maximum absolute atomic E-state index is 11.8. The van der Waals surface area contributed by atoms with E-state index in [1.54, 1.807) is 22.9 Å². The number of hydrogen-bond acceptors (Lipinski definition) is 7. The van der Waals surface area contributed by atoms with Gasteiger partial charge in [0.15, 0.2) is 10.3 Å². The van der Waals surface area contributed by atoms with E-state index >= 15 is 0 Å². The second kappa shape index (κ2) is 5.66. The number of aromatic nitrogens is 5. The summed E-state index contributed by atoms with van der Waals surface area (Å²) in [6, 6.07) is 1.45. The third-order valence-electron chi connectivity index (χ3n) is 2.57. The van der Waals surface area contributed by atoms with E-state index in [4.69, 9.17) is 0 Å². The average molecular weight is 322 g/mol. The molecule has 8 nitrogen and oxygen atoms in total. The molecule has 3 heterocycles. The van der Waals surface area contributed by atoms with Crippen LogP contribution < -0.4 is 10.9 Å². The van der Waals surface area contributed by atoms with Crippen molar-refractivity contribution in [3.63, 3.8) is 0 Å². The van der Waals surface area contributed by atoms with Gasteiger partial charge in [-0.2, -0.15) is 0 Å². The lowest BCUT2D eigenvalue weighted by molar-refractivity contribution is -0.113. The molecule has 0 aliphatic carbocycles. The summed E-state index contributed by atoms with van der Waals surface area (Å²) in [5.74, 6) is 0.371. The molecule has 0 bridgehead atoms. The van der Waals surface area contributed by atoms with Gasteiger partial charge in [-0.3, -0.25) is 19.0 Å². The van der Waals surface area contributed by atoms with Crippen molar-refractivity contribution in [3.05, 3.63) is 33.7 Å². The zero-order valence-corrected chi connectivity index (χ0v) is 12.5. The van der Waals surface area contributed by atoms with Gasteiger partial charge in [0, 0.05) is 23.3 Å². The van der Waals surface area contributed by atoms with Crippen molar-refractivity contribution in [1.82, 2.24) is 24.6 Å². The van der Waals surface area contributed by atoms with Gasteiger partial charge in [-0.05, 0) is 6.92 Å². The molecule has 0 aromatic carbocycles. The average Bonchev–Trinajstić information content (AvgIpc) is 3.05. The van der Waals surface area contributed by atoms with Crippen molar-refractivity contribution in [3.8, 4) is 0 Å². The lowest BCUT2D eigenvalue weighted by Crippen LogP contribution is -2.14. The lowest BCUT2D eigenvalue weighted by Gasteiger charge is -2.03. The first kappa shape index (κ1) is 13.8. The molecule has 0 aliphatic rings. The molecular formula is C11H10N6O2S2. The second-order valence-corrected chi connectivity index (χ2v) is 5.93. The van der Waals surface area contributed by atoms with Crippen LogP contribution in [0.2, 0.25) is 0 Å². The number of carbonyl (C=O) groups excluding carboxylic acids is 1. The summed E-state index contributed by atoms with van der Waals surface area (Å²) >= 11 is 2.59. The van der Waals surface area contributed by atoms with Crippen LogP contribution >= 0.6 is 23.1 Å². The number of H-pyrrole nitrogens is 1. The highest BCUT2D eigenvalue weighted by Gasteiger charge is 2.12. The van der Waals surface area contributed by atoms with Gasteiger partial charge in [0.2, 0.25) is 11.7 Å². The van der Waals surface area contributed by atoms with Crippen LogP contribution in [0.4, 0.5) is 5.13 Å². The molecule has 0 saturated carbocycles. The molecule has 2 N–H and O–H groups in total. The highest BCUT2D eigenvalue weighted by atomic mass is 32.2. The first-order valence-corrected chi connectivity index (χ1v) is 7.77. The Morgan fingerprint density at radius 2 is 2.38 bits per heavy atom. The summed E-state index contributed by atoms with van der Waals surface area (Å²) in [4.78, 5) is 29.7. The monoisotopic (exact) mass is 322 g/mol. The van der Waals surface area contributed by atoms with Crippen molar-refractivity contribution in [2.45, 2.75) is 12.1 Å². The molecule has 0 aliphatic heterocycles. The first-order chi connectivity index (χ1) is 10.1. The first-order valence-electron chi connectivity index (χ1n) is 5.90. The molecule has 10 heteroatoms. The van der Waals surface area contributed by atoms with Crippen LogP contribution in [0.25, 0.3) is 5.78 Å². The molecule has 3 aromatic heterocycles. The van der Waals surface area contributed by atoms with E-state index in [2.05, 4.69) is 25.5 Å². The summed E-state index contributed by atoms with van der Waals surface area (Å²) in [5, 5.41) is 13.5. The minimum Gasteiger partial charge on any atom is -0.301 e. The fourth-order valence-corrected chi connectivity index (χ4v) is 3.07. The van der Waals surface area contributed by atoms with E-state index in [-0.39, 0.29) is 17.2 Å². The number of anilines is 1. The van der Waals surface area contributed by atoms with Gasteiger partial charge in [0.25, 0.3) is 5.56 Å². The van der Waals surface area contributed by atoms with Crippen LogP contribution in [0.5, 0.6) is 0 Å². The number of carbonyl (C=O) groups is 1. The standard InChI is InChI=1S/C11H10N6O2S2/c1-6-4-7(18)13-9-15-16-11(17(6)9)21-5-8(19)14-10-12-2-3-20-10/h2-4H,5H2,1H3,(H,12,14,19)(H,13,15,18). The van der Waals surface area contributed by atoms with E-state index in [0.29, 0.717) is 21.8 Å². The van der Waals surface area contributed by atoms with E-state index in [0.717, 1.165) is 0 Å². The van der Waals surface area contributed by atoms with Crippen molar-refractivity contribution in [2.75, 3.05) is 11.1 Å². The number of thiazole rings is 1. The van der Waals surface area contributed by atoms with Crippen LogP contribution in [0.1, 0.15) is 5.69 Å². The van der Waals surface area contributed by atoms with E-state index in [1.807, 2.05) is 0 Å². The maximum atomic E-state index is 11.8. The maximum Gasteiger partial charge on any atom is 0.252 e. The molecule has 0 atom stereocenters. The summed E-state index contributed by atoms with van der Waals surface area (Å²) in [5.41, 5.74) is 0.479. The Labute approximate surface area is 126 Å². The van der Waals surface area contributed by atoms with Gasteiger partial charge in [-0.1, -0.05) is 11.8 Å². The van der Waals surface area contributed by atoms with Gasteiger partial charge in [-0.15, -0.1) is 21.5 Å². The second-order valence-electron chi connectivity index (χ2n) is 4.09. The lowest BCUT2D eigenvalue weighted by atomic mass is 10.4. The van der Waals surface area contributed by atoms with Crippen molar-refractivity contribution >= 4 is 39.9 Å².